The van der Waals surface area contributed by atoms with Crippen LogP contribution in [0.1, 0.15) is 108 Å². The van der Waals surface area contributed by atoms with Crippen LogP contribution in [0.15, 0.2) is 18.2 Å². The number of hydrogen-bond donors (Lipinski definition) is 0. The summed E-state index contributed by atoms with van der Waals surface area (Å²) < 4.78 is 0. The molecule has 0 aliphatic carbocycles. The molecule has 0 bridgehead atoms. The van der Waals surface area contributed by atoms with Crippen LogP contribution in [0.3, 0.4) is 0 Å². The second-order valence-electron chi connectivity index (χ2n) is 7.09. The molecule has 0 nitrogen and oxygen atoms in total. The van der Waals surface area contributed by atoms with Crippen LogP contribution in [0.5, 0.6) is 0 Å². The lowest BCUT2D eigenvalue weighted by molar-refractivity contribution is 0.604. The Morgan fingerprint density at radius 3 is 1.43 bits per heavy atom. The van der Waals surface area contributed by atoms with Crippen LogP contribution in [0.25, 0.3) is 0 Å². The molecule has 0 heterocycles. The second-order valence-corrected chi connectivity index (χ2v) is 7.09. The number of benzene rings is 1. The first-order chi connectivity index (χ1) is 11.3. The van der Waals surface area contributed by atoms with Crippen LogP contribution in [0, 0.1) is 6.92 Å². The first-order valence-electron chi connectivity index (χ1n) is 10.2. The summed E-state index contributed by atoms with van der Waals surface area (Å²) in [6.45, 7) is 8.94. The molecule has 0 aliphatic heterocycles. The summed E-state index contributed by atoms with van der Waals surface area (Å²) in [4.78, 5) is 0. The first-order valence-corrected chi connectivity index (χ1v) is 10.2. The van der Waals surface area contributed by atoms with Gasteiger partial charge in [0.05, 0.1) is 0 Å². The SMILES string of the molecule is [CH2]c1c(CCCCCCCC)cccc1CCCCCCCC. The Labute approximate surface area is 146 Å². The highest BCUT2D eigenvalue weighted by molar-refractivity contribution is 5.37. The van der Waals surface area contributed by atoms with Gasteiger partial charge in [-0.2, -0.15) is 0 Å². The molecule has 0 N–H and O–H groups in total. The van der Waals surface area contributed by atoms with Crippen LogP contribution in [-0.2, 0) is 12.8 Å². The topological polar surface area (TPSA) is 0 Å². The van der Waals surface area contributed by atoms with Gasteiger partial charge in [0.25, 0.3) is 0 Å². The molecule has 0 heteroatoms. The fourth-order valence-electron chi connectivity index (χ4n) is 3.35. The van der Waals surface area contributed by atoms with Crippen LogP contribution in [0.4, 0.5) is 0 Å². The molecule has 0 spiro atoms. The highest BCUT2D eigenvalue weighted by Gasteiger charge is 2.04. The van der Waals surface area contributed by atoms with Gasteiger partial charge in [-0.05, 0) is 49.3 Å². The summed E-state index contributed by atoms with van der Waals surface area (Å²) in [5, 5.41) is 0. The number of rotatable bonds is 14. The van der Waals surface area contributed by atoms with Crippen LogP contribution in [0.2, 0.25) is 0 Å². The van der Waals surface area contributed by atoms with E-state index in [0.29, 0.717) is 0 Å². The van der Waals surface area contributed by atoms with Crippen LogP contribution < -0.4 is 0 Å². The zero-order valence-electron chi connectivity index (χ0n) is 15.8. The molecule has 0 amide bonds. The predicted octanol–water partition coefficient (Wildman–Crippen LogP) is 7.67. The summed E-state index contributed by atoms with van der Waals surface area (Å²) in [6, 6.07) is 6.83. The molecule has 0 aromatic heterocycles. The molecular weight excluding hydrogens is 276 g/mol. The molecule has 131 valence electrons. The monoisotopic (exact) mass is 315 g/mol. The van der Waals surface area contributed by atoms with E-state index in [-0.39, 0.29) is 0 Å². The van der Waals surface area contributed by atoms with Crippen molar-refractivity contribution in [3.05, 3.63) is 41.8 Å². The van der Waals surface area contributed by atoms with Gasteiger partial charge in [-0.1, -0.05) is 96.3 Å². The number of unbranched alkanes of at least 4 members (excludes halogenated alkanes) is 10. The van der Waals surface area contributed by atoms with Crippen molar-refractivity contribution in [2.24, 2.45) is 0 Å². The van der Waals surface area contributed by atoms with Gasteiger partial charge in [0.2, 0.25) is 0 Å². The van der Waals surface area contributed by atoms with E-state index in [1.807, 2.05) is 0 Å². The van der Waals surface area contributed by atoms with Gasteiger partial charge in [0.15, 0.2) is 0 Å². The standard InChI is InChI=1S/C23H39/c1-4-6-8-10-12-14-17-22-19-16-20-23(21(22)3)18-15-13-11-9-7-5-2/h16,19-20H,3-15,17-18H2,1-2H3. The van der Waals surface area contributed by atoms with E-state index in [1.54, 1.807) is 0 Å². The van der Waals surface area contributed by atoms with Crippen molar-refractivity contribution in [2.75, 3.05) is 0 Å². The summed E-state index contributed by atoms with van der Waals surface area (Å²) >= 11 is 0. The lowest BCUT2D eigenvalue weighted by Gasteiger charge is -2.11. The molecule has 0 atom stereocenters. The molecular formula is C23H39. The molecule has 1 aromatic carbocycles. The third kappa shape index (κ3) is 9.18. The highest BCUT2D eigenvalue weighted by atomic mass is 14.1. The van der Waals surface area contributed by atoms with E-state index >= 15 is 0 Å². The average Bonchev–Trinajstić information content (AvgIpc) is 2.56. The van der Waals surface area contributed by atoms with Crippen molar-refractivity contribution in [3.8, 4) is 0 Å². The molecule has 0 aliphatic rings. The van der Waals surface area contributed by atoms with Gasteiger partial charge in [-0.25, -0.2) is 0 Å². The Morgan fingerprint density at radius 2 is 1.00 bits per heavy atom. The first kappa shape index (κ1) is 20.3. The van der Waals surface area contributed by atoms with E-state index in [4.69, 9.17) is 0 Å². The quantitative estimate of drug-likeness (QED) is 0.309. The molecule has 0 fully saturated rings. The number of aryl methyl sites for hydroxylation is 2. The molecule has 0 saturated carbocycles. The predicted molar refractivity (Wildman–Crippen MR) is 105 cm³/mol. The lowest BCUT2D eigenvalue weighted by atomic mass is 9.94. The van der Waals surface area contributed by atoms with Crippen molar-refractivity contribution >= 4 is 0 Å². The molecule has 1 aromatic rings. The zero-order chi connectivity index (χ0) is 16.8. The molecule has 1 radical (unpaired) electrons. The van der Waals surface area contributed by atoms with Crippen molar-refractivity contribution in [1.29, 1.82) is 0 Å². The van der Waals surface area contributed by atoms with Crippen LogP contribution >= 0.6 is 0 Å². The van der Waals surface area contributed by atoms with Gasteiger partial charge < -0.3 is 0 Å². The van der Waals surface area contributed by atoms with Crippen molar-refractivity contribution < 1.29 is 0 Å². The minimum atomic E-state index is 1.22. The molecule has 0 saturated heterocycles. The Morgan fingerprint density at radius 1 is 0.609 bits per heavy atom. The molecule has 1 rings (SSSR count). The van der Waals surface area contributed by atoms with Gasteiger partial charge in [0.1, 0.15) is 0 Å². The lowest BCUT2D eigenvalue weighted by Crippen LogP contribution is -1.97. The normalized spacial score (nSPS) is 11.1. The minimum absolute atomic E-state index is 1.22. The second kappa shape index (κ2) is 13.6. The fourth-order valence-corrected chi connectivity index (χ4v) is 3.35. The molecule has 23 heavy (non-hydrogen) atoms. The third-order valence-corrected chi connectivity index (χ3v) is 4.97. The Hall–Kier alpha value is -0.780. The Balaban J connectivity index is 2.27. The highest BCUT2D eigenvalue weighted by Crippen LogP contribution is 2.19. The van der Waals surface area contributed by atoms with E-state index in [1.165, 1.54) is 107 Å². The largest absolute Gasteiger partial charge is 0.0654 e. The fraction of sp³-hybridized carbons (Fsp3) is 0.696. The van der Waals surface area contributed by atoms with Gasteiger partial charge in [0, 0.05) is 0 Å². The number of hydrogen-bond acceptors (Lipinski definition) is 0. The third-order valence-electron chi connectivity index (χ3n) is 4.97. The van der Waals surface area contributed by atoms with E-state index < -0.39 is 0 Å². The molecule has 0 unspecified atom stereocenters. The van der Waals surface area contributed by atoms with Gasteiger partial charge in [-0.15, -0.1) is 0 Å². The maximum Gasteiger partial charge on any atom is -0.0233 e. The van der Waals surface area contributed by atoms with Gasteiger partial charge in [-0.3, -0.25) is 0 Å². The summed E-state index contributed by atoms with van der Waals surface area (Å²) in [6.07, 6.45) is 18.9. The summed E-state index contributed by atoms with van der Waals surface area (Å²) in [7, 11) is 0. The van der Waals surface area contributed by atoms with E-state index in [2.05, 4.69) is 39.0 Å². The smallest absolute Gasteiger partial charge is 0.0233 e. The Bertz CT molecular complexity index is 357. The van der Waals surface area contributed by atoms with Crippen molar-refractivity contribution in [2.45, 2.75) is 104 Å². The maximum atomic E-state index is 4.38. The maximum absolute atomic E-state index is 4.38. The van der Waals surface area contributed by atoms with Crippen LogP contribution in [-0.4, -0.2) is 0 Å². The summed E-state index contributed by atoms with van der Waals surface area (Å²) in [5.74, 6) is 0. The minimum Gasteiger partial charge on any atom is -0.0654 e. The zero-order valence-corrected chi connectivity index (χ0v) is 15.8. The summed E-state index contributed by atoms with van der Waals surface area (Å²) in [5.41, 5.74) is 4.31. The van der Waals surface area contributed by atoms with E-state index in [0.717, 1.165) is 0 Å². The Kier molecular flexibility index (Phi) is 12.0. The van der Waals surface area contributed by atoms with Gasteiger partial charge >= 0.3 is 0 Å². The van der Waals surface area contributed by atoms with Crippen molar-refractivity contribution in [3.63, 3.8) is 0 Å². The average molecular weight is 316 g/mol. The van der Waals surface area contributed by atoms with Crippen molar-refractivity contribution in [1.82, 2.24) is 0 Å². The van der Waals surface area contributed by atoms with E-state index in [9.17, 15) is 0 Å².